The second-order valence-electron chi connectivity index (χ2n) is 2.95. The standard InChI is InChI=1S/C12H12O4/c1-2-16-12(15)10(8-13)11(14)9-6-4-3-5-7-9/h3-8,13H,2H2,1H3/p-1/b10-8+. The highest BCUT2D eigenvalue weighted by atomic mass is 16.5. The molecule has 0 fully saturated rings. The first-order valence-electron chi connectivity index (χ1n) is 4.79. The van der Waals surface area contributed by atoms with Crippen molar-refractivity contribution in [2.45, 2.75) is 6.92 Å². The van der Waals surface area contributed by atoms with Gasteiger partial charge in [-0.3, -0.25) is 4.79 Å². The highest BCUT2D eigenvalue weighted by Crippen LogP contribution is 2.08. The van der Waals surface area contributed by atoms with E-state index in [-0.39, 0.29) is 18.4 Å². The lowest BCUT2D eigenvalue weighted by atomic mass is 10.0. The Labute approximate surface area is 93.2 Å². The van der Waals surface area contributed by atoms with Gasteiger partial charge in [-0.15, -0.1) is 6.26 Å². The van der Waals surface area contributed by atoms with Crippen LogP contribution in [0.4, 0.5) is 0 Å². The number of rotatable bonds is 4. The molecule has 4 nitrogen and oxygen atoms in total. The van der Waals surface area contributed by atoms with Gasteiger partial charge in [-0.1, -0.05) is 30.3 Å². The number of carbonyl (C=O) groups excluding carboxylic acids is 2. The quantitative estimate of drug-likeness (QED) is 0.186. The first-order chi connectivity index (χ1) is 7.70. The van der Waals surface area contributed by atoms with Gasteiger partial charge in [-0.05, 0) is 6.92 Å². The maximum Gasteiger partial charge on any atom is 0.340 e. The Bertz CT molecular complexity index is 406. The minimum Gasteiger partial charge on any atom is -0.877 e. The van der Waals surface area contributed by atoms with Gasteiger partial charge in [0.05, 0.1) is 12.2 Å². The van der Waals surface area contributed by atoms with Crippen LogP contribution in [-0.4, -0.2) is 18.4 Å². The Morgan fingerprint density at radius 1 is 1.31 bits per heavy atom. The molecule has 0 aromatic heterocycles. The summed E-state index contributed by atoms with van der Waals surface area (Å²) in [7, 11) is 0. The van der Waals surface area contributed by atoms with E-state index < -0.39 is 17.3 Å². The van der Waals surface area contributed by atoms with E-state index >= 15 is 0 Å². The third kappa shape index (κ3) is 2.70. The zero-order valence-electron chi connectivity index (χ0n) is 8.80. The molecule has 4 heteroatoms. The molecule has 0 N–H and O–H groups in total. The summed E-state index contributed by atoms with van der Waals surface area (Å²) in [5, 5.41) is 10.7. The van der Waals surface area contributed by atoms with Gasteiger partial charge in [0.2, 0.25) is 0 Å². The average Bonchev–Trinajstić information content (AvgIpc) is 2.31. The lowest BCUT2D eigenvalue weighted by Crippen LogP contribution is -2.18. The van der Waals surface area contributed by atoms with Crippen LogP contribution in [0.25, 0.3) is 0 Å². The first kappa shape index (κ1) is 12.0. The number of ether oxygens (including phenoxy) is 1. The van der Waals surface area contributed by atoms with Crippen molar-refractivity contribution in [3.8, 4) is 0 Å². The van der Waals surface area contributed by atoms with Crippen molar-refractivity contribution in [3.63, 3.8) is 0 Å². The zero-order valence-corrected chi connectivity index (χ0v) is 8.80. The van der Waals surface area contributed by atoms with Crippen LogP contribution in [0.2, 0.25) is 0 Å². The summed E-state index contributed by atoms with van der Waals surface area (Å²) in [6, 6.07) is 8.11. The van der Waals surface area contributed by atoms with Gasteiger partial charge >= 0.3 is 5.97 Å². The van der Waals surface area contributed by atoms with Crippen LogP contribution >= 0.6 is 0 Å². The maximum atomic E-state index is 11.7. The molecule has 0 radical (unpaired) electrons. The number of ketones is 1. The van der Waals surface area contributed by atoms with E-state index in [4.69, 9.17) is 0 Å². The fourth-order valence-corrected chi connectivity index (χ4v) is 1.15. The number of esters is 1. The molecule has 0 aliphatic carbocycles. The molecular formula is C12H11O4-. The fourth-order valence-electron chi connectivity index (χ4n) is 1.15. The van der Waals surface area contributed by atoms with Crippen molar-refractivity contribution in [3.05, 3.63) is 47.7 Å². The molecule has 0 saturated carbocycles. The van der Waals surface area contributed by atoms with E-state index in [0.29, 0.717) is 0 Å². The summed E-state index contributed by atoms with van der Waals surface area (Å²) < 4.78 is 4.61. The van der Waals surface area contributed by atoms with E-state index in [1.807, 2.05) is 0 Å². The number of carbonyl (C=O) groups is 2. The van der Waals surface area contributed by atoms with Crippen LogP contribution in [0.5, 0.6) is 0 Å². The molecule has 16 heavy (non-hydrogen) atoms. The molecular weight excluding hydrogens is 208 g/mol. The largest absolute Gasteiger partial charge is 0.877 e. The molecule has 84 valence electrons. The second-order valence-corrected chi connectivity index (χ2v) is 2.95. The van der Waals surface area contributed by atoms with Crippen molar-refractivity contribution in [2.75, 3.05) is 6.61 Å². The fraction of sp³-hybridized carbons (Fsp3) is 0.167. The van der Waals surface area contributed by atoms with Gasteiger partial charge in [0.1, 0.15) is 0 Å². The summed E-state index contributed by atoms with van der Waals surface area (Å²) in [6.07, 6.45) is 0.229. The van der Waals surface area contributed by atoms with Gasteiger partial charge in [-0.2, -0.15) is 0 Å². The zero-order chi connectivity index (χ0) is 12.0. The monoisotopic (exact) mass is 219 g/mol. The predicted molar refractivity (Wildman–Crippen MR) is 55.5 cm³/mol. The van der Waals surface area contributed by atoms with E-state index in [1.54, 1.807) is 25.1 Å². The van der Waals surface area contributed by atoms with E-state index in [1.165, 1.54) is 12.1 Å². The predicted octanol–water partition coefficient (Wildman–Crippen LogP) is 0.677. The molecule has 0 spiro atoms. The second kappa shape index (κ2) is 5.70. The summed E-state index contributed by atoms with van der Waals surface area (Å²) >= 11 is 0. The number of benzene rings is 1. The van der Waals surface area contributed by atoms with Crippen LogP contribution in [0.3, 0.4) is 0 Å². The van der Waals surface area contributed by atoms with Crippen LogP contribution in [0.1, 0.15) is 17.3 Å². The van der Waals surface area contributed by atoms with E-state index in [2.05, 4.69) is 4.74 Å². The molecule has 0 heterocycles. The van der Waals surface area contributed by atoms with Crippen LogP contribution in [0.15, 0.2) is 42.2 Å². The molecule has 1 aromatic carbocycles. The van der Waals surface area contributed by atoms with Crippen LogP contribution in [-0.2, 0) is 9.53 Å². The Morgan fingerprint density at radius 3 is 2.44 bits per heavy atom. The molecule has 0 bridgehead atoms. The molecule has 0 saturated heterocycles. The van der Waals surface area contributed by atoms with Gasteiger partial charge < -0.3 is 9.84 Å². The van der Waals surface area contributed by atoms with Gasteiger partial charge in [0, 0.05) is 5.56 Å². The maximum absolute atomic E-state index is 11.7. The number of hydrogen-bond donors (Lipinski definition) is 0. The van der Waals surface area contributed by atoms with Crippen molar-refractivity contribution in [1.29, 1.82) is 0 Å². The SMILES string of the molecule is CCOC(=O)/C(=C/[O-])C(=O)c1ccccc1. The molecule has 0 aliphatic heterocycles. The highest BCUT2D eigenvalue weighted by molar-refractivity contribution is 6.23. The summed E-state index contributed by atoms with van der Waals surface area (Å²) in [6.45, 7) is 1.73. The average molecular weight is 219 g/mol. The molecule has 1 rings (SSSR count). The number of Topliss-reactive ketones (excluding diaryl/α,β-unsaturated/α-hetero) is 1. The minimum absolute atomic E-state index is 0.123. The van der Waals surface area contributed by atoms with Gasteiger partial charge in [0.15, 0.2) is 5.78 Å². The van der Waals surface area contributed by atoms with Crippen LogP contribution in [0, 0.1) is 0 Å². The Balaban J connectivity index is 2.92. The molecule has 1 aromatic rings. The Hall–Kier alpha value is -2.10. The molecule has 0 amide bonds. The van der Waals surface area contributed by atoms with E-state index in [9.17, 15) is 14.7 Å². The Kier molecular flexibility index (Phi) is 4.27. The molecule has 0 unspecified atom stereocenters. The highest BCUT2D eigenvalue weighted by Gasteiger charge is 2.18. The third-order valence-corrected chi connectivity index (χ3v) is 1.89. The van der Waals surface area contributed by atoms with Crippen molar-refractivity contribution >= 4 is 11.8 Å². The van der Waals surface area contributed by atoms with Crippen molar-refractivity contribution in [1.82, 2.24) is 0 Å². The lowest BCUT2D eigenvalue weighted by Gasteiger charge is -2.07. The number of hydrogen-bond acceptors (Lipinski definition) is 4. The Morgan fingerprint density at radius 2 is 1.94 bits per heavy atom. The van der Waals surface area contributed by atoms with Crippen molar-refractivity contribution in [2.24, 2.45) is 0 Å². The van der Waals surface area contributed by atoms with Gasteiger partial charge in [0.25, 0.3) is 0 Å². The van der Waals surface area contributed by atoms with Gasteiger partial charge in [-0.25, -0.2) is 4.79 Å². The van der Waals surface area contributed by atoms with Crippen molar-refractivity contribution < 1.29 is 19.4 Å². The lowest BCUT2D eigenvalue weighted by molar-refractivity contribution is -0.275. The topological polar surface area (TPSA) is 66.4 Å². The third-order valence-electron chi connectivity index (χ3n) is 1.89. The molecule has 0 aliphatic rings. The van der Waals surface area contributed by atoms with Crippen LogP contribution < -0.4 is 5.11 Å². The smallest absolute Gasteiger partial charge is 0.340 e. The van der Waals surface area contributed by atoms with E-state index in [0.717, 1.165) is 0 Å². The summed E-state index contributed by atoms with van der Waals surface area (Å²) in [5.74, 6) is -1.50. The minimum atomic E-state index is -0.883. The summed E-state index contributed by atoms with van der Waals surface area (Å²) in [5.41, 5.74) is -0.189. The summed E-state index contributed by atoms with van der Waals surface area (Å²) in [4.78, 5) is 23.0. The first-order valence-corrected chi connectivity index (χ1v) is 4.79. The normalized spacial score (nSPS) is 10.9. The molecule has 0 atom stereocenters.